The van der Waals surface area contributed by atoms with E-state index in [-0.39, 0.29) is 0 Å². The van der Waals surface area contributed by atoms with Gasteiger partial charge in [0.15, 0.2) is 0 Å². The number of hydrogen-bond acceptors (Lipinski definition) is 3. The SMILES string of the molecule is CC(C)(C)CNCCOc1ccc2c(c1)CN(I)C2. The van der Waals surface area contributed by atoms with Crippen molar-refractivity contribution in [3.05, 3.63) is 29.3 Å². The van der Waals surface area contributed by atoms with Crippen LogP contribution in [0.1, 0.15) is 31.9 Å². The highest BCUT2D eigenvalue weighted by Crippen LogP contribution is 2.28. The quantitative estimate of drug-likeness (QED) is 0.486. The van der Waals surface area contributed by atoms with Crippen molar-refractivity contribution in [2.45, 2.75) is 33.9 Å². The Morgan fingerprint density at radius 3 is 2.74 bits per heavy atom. The molecule has 1 N–H and O–H groups in total. The van der Waals surface area contributed by atoms with Gasteiger partial charge in [-0.05, 0) is 28.7 Å². The highest BCUT2D eigenvalue weighted by molar-refractivity contribution is 14.1. The Morgan fingerprint density at radius 1 is 1.26 bits per heavy atom. The maximum Gasteiger partial charge on any atom is 0.119 e. The van der Waals surface area contributed by atoms with E-state index in [9.17, 15) is 0 Å². The van der Waals surface area contributed by atoms with E-state index in [1.165, 1.54) is 11.1 Å². The molecule has 0 saturated heterocycles. The first-order valence-corrected chi connectivity index (χ1v) is 7.76. The van der Waals surface area contributed by atoms with E-state index in [2.05, 4.69) is 70.3 Å². The van der Waals surface area contributed by atoms with Crippen molar-refractivity contribution >= 4 is 22.9 Å². The van der Waals surface area contributed by atoms with Crippen LogP contribution in [-0.4, -0.2) is 22.8 Å². The lowest BCUT2D eigenvalue weighted by Gasteiger charge is -2.18. The summed E-state index contributed by atoms with van der Waals surface area (Å²) in [6.07, 6.45) is 0. The summed E-state index contributed by atoms with van der Waals surface area (Å²) in [7, 11) is 0. The third kappa shape index (κ3) is 4.93. The minimum Gasteiger partial charge on any atom is -0.492 e. The fourth-order valence-corrected chi connectivity index (χ4v) is 2.86. The number of fused-ring (bicyclic) bond motifs is 1. The van der Waals surface area contributed by atoms with Gasteiger partial charge in [0.1, 0.15) is 12.4 Å². The van der Waals surface area contributed by atoms with E-state index in [1.54, 1.807) is 0 Å². The molecule has 0 fully saturated rings. The summed E-state index contributed by atoms with van der Waals surface area (Å²) in [6, 6.07) is 6.45. The summed E-state index contributed by atoms with van der Waals surface area (Å²) in [5.74, 6) is 0.989. The largest absolute Gasteiger partial charge is 0.492 e. The number of nitrogens with zero attached hydrogens (tertiary/aromatic N) is 1. The maximum absolute atomic E-state index is 5.80. The molecule has 19 heavy (non-hydrogen) atoms. The fraction of sp³-hybridized carbons (Fsp3) is 0.600. The van der Waals surface area contributed by atoms with Gasteiger partial charge in [-0.15, -0.1) is 0 Å². The molecular formula is C15H23IN2O. The summed E-state index contributed by atoms with van der Waals surface area (Å²) >= 11 is 2.37. The van der Waals surface area contributed by atoms with Crippen LogP contribution in [0.15, 0.2) is 18.2 Å². The Kier molecular flexibility index (Phi) is 5.09. The first-order chi connectivity index (χ1) is 8.94. The predicted molar refractivity (Wildman–Crippen MR) is 87.5 cm³/mol. The Hall–Kier alpha value is -0.330. The minimum atomic E-state index is 0.331. The Bertz CT molecular complexity index is 429. The van der Waals surface area contributed by atoms with Gasteiger partial charge < -0.3 is 10.1 Å². The predicted octanol–water partition coefficient (Wildman–Crippen LogP) is 3.37. The van der Waals surface area contributed by atoms with Crippen LogP contribution in [0.4, 0.5) is 0 Å². The van der Waals surface area contributed by atoms with Gasteiger partial charge in [-0.3, -0.25) is 0 Å². The lowest BCUT2D eigenvalue weighted by atomic mass is 9.97. The average molecular weight is 374 g/mol. The molecule has 4 heteroatoms. The molecule has 106 valence electrons. The van der Waals surface area contributed by atoms with Crippen molar-refractivity contribution in [1.29, 1.82) is 0 Å². The Morgan fingerprint density at radius 2 is 2.00 bits per heavy atom. The van der Waals surface area contributed by atoms with Gasteiger partial charge in [0, 0.05) is 49.0 Å². The molecule has 3 nitrogen and oxygen atoms in total. The molecule has 1 aliphatic heterocycles. The molecular weight excluding hydrogens is 351 g/mol. The van der Waals surface area contributed by atoms with Crippen LogP contribution in [0.3, 0.4) is 0 Å². The van der Waals surface area contributed by atoms with Crippen molar-refractivity contribution in [2.75, 3.05) is 19.7 Å². The van der Waals surface area contributed by atoms with E-state index in [0.29, 0.717) is 5.41 Å². The maximum atomic E-state index is 5.80. The third-order valence-electron chi connectivity index (χ3n) is 3.06. The molecule has 0 unspecified atom stereocenters. The number of ether oxygens (including phenoxy) is 1. The lowest BCUT2D eigenvalue weighted by molar-refractivity contribution is 0.297. The van der Waals surface area contributed by atoms with Crippen molar-refractivity contribution in [3.63, 3.8) is 0 Å². The summed E-state index contributed by atoms with van der Waals surface area (Å²) in [6.45, 7) is 11.4. The molecule has 0 aliphatic carbocycles. The van der Waals surface area contributed by atoms with Crippen LogP contribution >= 0.6 is 22.9 Å². The minimum absolute atomic E-state index is 0.331. The van der Waals surface area contributed by atoms with Gasteiger partial charge >= 0.3 is 0 Å². The summed E-state index contributed by atoms with van der Waals surface area (Å²) in [5.41, 5.74) is 3.15. The van der Waals surface area contributed by atoms with Crippen LogP contribution in [0.5, 0.6) is 5.75 Å². The fourth-order valence-electron chi connectivity index (χ4n) is 2.12. The molecule has 1 aromatic carbocycles. The Labute approximate surface area is 130 Å². The first-order valence-electron chi connectivity index (χ1n) is 6.80. The van der Waals surface area contributed by atoms with Gasteiger partial charge in [0.2, 0.25) is 0 Å². The smallest absolute Gasteiger partial charge is 0.119 e. The zero-order chi connectivity index (χ0) is 13.9. The lowest BCUT2D eigenvalue weighted by Crippen LogP contribution is -2.30. The Balaban J connectivity index is 1.74. The van der Waals surface area contributed by atoms with E-state index in [0.717, 1.165) is 38.5 Å². The number of hydrogen-bond donors (Lipinski definition) is 1. The third-order valence-corrected chi connectivity index (χ3v) is 3.75. The van der Waals surface area contributed by atoms with Crippen LogP contribution in [0, 0.1) is 5.41 Å². The monoisotopic (exact) mass is 374 g/mol. The second-order valence-electron chi connectivity index (χ2n) is 6.30. The van der Waals surface area contributed by atoms with E-state index < -0.39 is 0 Å². The van der Waals surface area contributed by atoms with Crippen molar-refractivity contribution < 1.29 is 4.74 Å². The van der Waals surface area contributed by atoms with E-state index in [4.69, 9.17) is 4.74 Å². The molecule has 0 amide bonds. The molecule has 0 aromatic heterocycles. The van der Waals surface area contributed by atoms with Crippen LogP contribution in [0.25, 0.3) is 0 Å². The second kappa shape index (κ2) is 6.41. The number of nitrogens with one attached hydrogen (secondary N) is 1. The van der Waals surface area contributed by atoms with Gasteiger partial charge in [-0.2, -0.15) is 0 Å². The van der Waals surface area contributed by atoms with Crippen LogP contribution in [0.2, 0.25) is 0 Å². The second-order valence-corrected chi connectivity index (χ2v) is 7.66. The zero-order valence-corrected chi connectivity index (χ0v) is 14.2. The zero-order valence-electron chi connectivity index (χ0n) is 12.0. The molecule has 0 atom stereocenters. The van der Waals surface area contributed by atoms with Gasteiger partial charge in [-0.1, -0.05) is 26.8 Å². The average Bonchev–Trinajstić information content (AvgIpc) is 2.66. The molecule has 1 aliphatic rings. The molecule has 0 radical (unpaired) electrons. The van der Waals surface area contributed by atoms with Crippen molar-refractivity contribution in [2.24, 2.45) is 5.41 Å². The van der Waals surface area contributed by atoms with E-state index in [1.807, 2.05) is 0 Å². The molecule has 0 spiro atoms. The number of halogens is 1. The molecule has 1 heterocycles. The van der Waals surface area contributed by atoms with Crippen LogP contribution < -0.4 is 10.1 Å². The van der Waals surface area contributed by atoms with Crippen molar-refractivity contribution in [1.82, 2.24) is 8.43 Å². The van der Waals surface area contributed by atoms with Gasteiger partial charge in [0.25, 0.3) is 0 Å². The van der Waals surface area contributed by atoms with Crippen molar-refractivity contribution in [3.8, 4) is 5.75 Å². The molecule has 0 bridgehead atoms. The summed E-state index contributed by atoms with van der Waals surface area (Å²) in [5, 5.41) is 3.42. The first kappa shape index (κ1) is 15.1. The number of rotatable bonds is 5. The summed E-state index contributed by atoms with van der Waals surface area (Å²) in [4.78, 5) is 0. The van der Waals surface area contributed by atoms with Crippen LogP contribution in [-0.2, 0) is 13.1 Å². The summed E-state index contributed by atoms with van der Waals surface area (Å²) < 4.78 is 8.09. The number of benzene rings is 1. The molecule has 2 rings (SSSR count). The highest BCUT2D eigenvalue weighted by Gasteiger charge is 2.16. The molecule has 1 aromatic rings. The highest BCUT2D eigenvalue weighted by atomic mass is 127. The normalized spacial score (nSPS) is 15.6. The molecule has 0 saturated carbocycles. The van der Waals surface area contributed by atoms with E-state index >= 15 is 0 Å². The standard InChI is InChI=1S/C15H23IN2O/c1-15(2,3)11-17-6-7-19-14-5-4-12-9-18(16)10-13(12)8-14/h4-5,8,17H,6-7,9-11H2,1-3H3. The van der Waals surface area contributed by atoms with Gasteiger partial charge in [-0.25, -0.2) is 3.11 Å². The topological polar surface area (TPSA) is 24.5 Å². The van der Waals surface area contributed by atoms with Gasteiger partial charge in [0.05, 0.1) is 0 Å².